The van der Waals surface area contributed by atoms with Gasteiger partial charge in [0.1, 0.15) is 12.1 Å². The summed E-state index contributed by atoms with van der Waals surface area (Å²) >= 11 is 1.51. The fourth-order valence-corrected chi connectivity index (χ4v) is 3.84. The second-order valence-corrected chi connectivity index (χ2v) is 8.21. The van der Waals surface area contributed by atoms with Crippen molar-refractivity contribution >= 4 is 29.1 Å². The van der Waals surface area contributed by atoms with E-state index in [1.807, 2.05) is 26.0 Å². The van der Waals surface area contributed by atoms with Crippen molar-refractivity contribution in [2.75, 3.05) is 5.32 Å². The van der Waals surface area contributed by atoms with E-state index in [-0.39, 0.29) is 17.2 Å². The number of nitrogens with zero attached hydrogens (tertiary/aromatic N) is 4. The molecule has 0 bridgehead atoms. The number of benzene rings is 2. The van der Waals surface area contributed by atoms with Gasteiger partial charge in [0.25, 0.3) is 17.2 Å². The van der Waals surface area contributed by atoms with Crippen LogP contribution >= 0.6 is 11.8 Å². The average Bonchev–Trinajstić information content (AvgIpc) is 3.18. The van der Waals surface area contributed by atoms with E-state index in [4.69, 9.17) is 0 Å². The van der Waals surface area contributed by atoms with Gasteiger partial charge < -0.3 is 5.32 Å². The highest BCUT2D eigenvalue weighted by Crippen LogP contribution is 2.24. The number of halogens is 1. The Balaban J connectivity index is 1.42. The first-order valence-corrected chi connectivity index (χ1v) is 10.7. The molecule has 31 heavy (non-hydrogen) atoms. The van der Waals surface area contributed by atoms with Gasteiger partial charge in [-0.15, -0.1) is 11.8 Å². The topological polar surface area (TPSA) is 81.3 Å². The van der Waals surface area contributed by atoms with E-state index in [1.165, 1.54) is 40.5 Å². The van der Waals surface area contributed by atoms with Gasteiger partial charge in [-0.2, -0.15) is 9.50 Å². The number of rotatable bonds is 6. The number of thioether (sulfide) groups is 1. The molecule has 4 aromatic rings. The monoisotopic (exact) mass is 437 g/mol. The molecule has 0 unspecified atom stereocenters. The van der Waals surface area contributed by atoms with Crippen LogP contribution in [0.5, 0.6) is 0 Å². The van der Waals surface area contributed by atoms with Crippen LogP contribution in [-0.2, 0) is 5.75 Å². The van der Waals surface area contributed by atoms with Crippen LogP contribution in [0.3, 0.4) is 0 Å². The number of carbonyl (C=O) groups is 1. The van der Waals surface area contributed by atoms with Gasteiger partial charge in [-0.05, 0) is 50.2 Å². The van der Waals surface area contributed by atoms with Crippen molar-refractivity contribution in [3.63, 3.8) is 0 Å². The third-order valence-electron chi connectivity index (χ3n) is 4.60. The Bertz CT molecular complexity index is 1300. The molecular formula is C22H20FN5O2S. The van der Waals surface area contributed by atoms with E-state index >= 15 is 0 Å². The molecule has 4 rings (SSSR count). The molecule has 2 heterocycles. The van der Waals surface area contributed by atoms with E-state index in [9.17, 15) is 14.0 Å². The minimum absolute atomic E-state index is 0.00591. The third-order valence-corrected chi connectivity index (χ3v) is 5.65. The predicted octanol–water partition coefficient (Wildman–Crippen LogP) is 4.16. The van der Waals surface area contributed by atoms with Gasteiger partial charge in [0.05, 0.1) is 11.3 Å². The van der Waals surface area contributed by atoms with Crippen LogP contribution in [0.25, 0.3) is 5.78 Å². The van der Waals surface area contributed by atoms with Crippen LogP contribution in [0.1, 0.15) is 35.9 Å². The fraction of sp³-hybridized carbons (Fsp3) is 0.182. The third kappa shape index (κ3) is 4.51. The molecule has 1 amide bonds. The molecule has 0 fully saturated rings. The summed E-state index contributed by atoms with van der Waals surface area (Å²) in [6.45, 7) is 3.94. The normalized spacial score (nSPS) is 11.2. The summed E-state index contributed by atoms with van der Waals surface area (Å²) in [5.74, 6) is -0.188. The smallest absolute Gasteiger partial charge is 0.274 e. The van der Waals surface area contributed by atoms with Crippen LogP contribution in [0, 0.1) is 5.82 Å². The molecule has 7 nitrogen and oxygen atoms in total. The molecule has 158 valence electrons. The number of amides is 1. The summed E-state index contributed by atoms with van der Waals surface area (Å²) in [5, 5.41) is 2.68. The Morgan fingerprint density at radius 3 is 2.61 bits per heavy atom. The highest BCUT2D eigenvalue weighted by Gasteiger charge is 2.12. The molecule has 0 aliphatic heterocycles. The van der Waals surface area contributed by atoms with E-state index in [1.54, 1.807) is 29.2 Å². The van der Waals surface area contributed by atoms with E-state index in [0.717, 1.165) is 4.90 Å². The quantitative estimate of drug-likeness (QED) is 0.458. The Morgan fingerprint density at radius 1 is 1.16 bits per heavy atom. The molecule has 0 saturated heterocycles. The minimum atomic E-state index is -0.564. The van der Waals surface area contributed by atoms with E-state index in [0.29, 0.717) is 22.9 Å². The van der Waals surface area contributed by atoms with Gasteiger partial charge in [-0.3, -0.25) is 14.3 Å². The molecule has 0 radical (unpaired) electrons. The lowest BCUT2D eigenvalue weighted by Gasteiger charge is -2.09. The second-order valence-electron chi connectivity index (χ2n) is 7.16. The van der Waals surface area contributed by atoms with Crippen molar-refractivity contribution in [1.29, 1.82) is 0 Å². The number of hydrogen-bond acceptors (Lipinski definition) is 5. The number of aromatic nitrogens is 4. The number of anilines is 1. The lowest BCUT2D eigenvalue weighted by Crippen LogP contribution is -2.22. The highest BCUT2D eigenvalue weighted by atomic mass is 32.2. The first-order chi connectivity index (χ1) is 14.9. The Kier molecular flexibility index (Phi) is 5.85. The Labute approximate surface area is 181 Å². The molecule has 0 spiro atoms. The van der Waals surface area contributed by atoms with Crippen LogP contribution < -0.4 is 10.9 Å². The molecular weight excluding hydrogens is 417 g/mol. The zero-order valence-corrected chi connectivity index (χ0v) is 17.8. The maximum Gasteiger partial charge on any atom is 0.274 e. The molecule has 9 heteroatoms. The fourth-order valence-electron chi connectivity index (χ4n) is 3.05. The SMILES string of the molecule is CC(C)n1cnc2nc(CSc3ccc(NC(=O)c4ccccc4F)cc3)cc(=O)n21. The summed E-state index contributed by atoms with van der Waals surface area (Å²) in [6.07, 6.45) is 1.61. The van der Waals surface area contributed by atoms with Gasteiger partial charge in [-0.1, -0.05) is 12.1 Å². The zero-order chi connectivity index (χ0) is 22.0. The maximum atomic E-state index is 13.7. The highest BCUT2D eigenvalue weighted by molar-refractivity contribution is 7.98. The summed E-state index contributed by atoms with van der Waals surface area (Å²) in [7, 11) is 0. The van der Waals surface area contributed by atoms with Crippen LogP contribution in [0.15, 0.2) is 70.6 Å². The molecule has 2 aromatic heterocycles. The van der Waals surface area contributed by atoms with Gasteiger partial charge >= 0.3 is 0 Å². The standard InChI is InChI=1S/C22H20FN5O2S/c1-14(2)27-13-24-22-26-16(11-20(29)28(22)27)12-31-17-9-7-15(8-10-17)25-21(30)18-5-3-4-6-19(18)23/h3-11,13-14H,12H2,1-2H3,(H,25,30). The first kappa shape index (κ1) is 20.8. The van der Waals surface area contributed by atoms with Crippen LogP contribution in [0.2, 0.25) is 0 Å². The maximum absolute atomic E-state index is 13.7. The Morgan fingerprint density at radius 2 is 1.90 bits per heavy atom. The van der Waals surface area contributed by atoms with Crippen LogP contribution in [0.4, 0.5) is 10.1 Å². The molecule has 0 atom stereocenters. The average molecular weight is 438 g/mol. The predicted molar refractivity (Wildman–Crippen MR) is 118 cm³/mol. The molecule has 0 saturated carbocycles. The van der Waals surface area contributed by atoms with E-state index < -0.39 is 11.7 Å². The number of carbonyl (C=O) groups excluding carboxylic acids is 1. The summed E-state index contributed by atoms with van der Waals surface area (Å²) < 4.78 is 16.9. The van der Waals surface area contributed by atoms with Crippen LogP contribution in [-0.4, -0.2) is 25.1 Å². The molecule has 1 N–H and O–H groups in total. The van der Waals surface area contributed by atoms with Gasteiger partial charge in [0, 0.05) is 28.4 Å². The van der Waals surface area contributed by atoms with Crippen molar-refractivity contribution in [3.05, 3.63) is 88.4 Å². The van der Waals surface area contributed by atoms with Gasteiger partial charge in [-0.25, -0.2) is 9.37 Å². The molecule has 2 aromatic carbocycles. The lowest BCUT2D eigenvalue weighted by molar-refractivity contribution is 0.102. The van der Waals surface area contributed by atoms with Crippen molar-refractivity contribution < 1.29 is 9.18 Å². The number of hydrogen-bond donors (Lipinski definition) is 1. The summed E-state index contributed by atoms with van der Waals surface area (Å²) in [5.41, 5.74) is 1.03. The van der Waals surface area contributed by atoms with Gasteiger partial charge in [0.2, 0.25) is 0 Å². The summed E-state index contributed by atoms with van der Waals surface area (Å²) in [4.78, 5) is 34.3. The lowest BCUT2D eigenvalue weighted by atomic mass is 10.2. The number of nitrogens with one attached hydrogen (secondary N) is 1. The Hall–Kier alpha value is -3.46. The number of fused-ring (bicyclic) bond motifs is 1. The van der Waals surface area contributed by atoms with Crippen molar-refractivity contribution in [2.45, 2.75) is 30.5 Å². The second kappa shape index (κ2) is 8.73. The van der Waals surface area contributed by atoms with E-state index in [2.05, 4.69) is 15.3 Å². The molecule has 0 aliphatic rings. The first-order valence-electron chi connectivity index (χ1n) is 9.67. The molecule has 0 aliphatic carbocycles. The van der Waals surface area contributed by atoms with Gasteiger partial charge in [0.15, 0.2) is 0 Å². The summed E-state index contributed by atoms with van der Waals surface area (Å²) in [6, 6.07) is 14.6. The largest absolute Gasteiger partial charge is 0.322 e. The van der Waals surface area contributed by atoms with Crippen molar-refractivity contribution in [3.8, 4) is 0 Å². The zero-order valence-electron chi connectivity index (χ0n) is 16.9. The minimum Gasteiger partial charge on any atom is -0.322 e. The van der Waals surface area contributed by atoms with Crippen molar-refractivity contribution in [1.82, 2.24) is 19.2 Å². The van der Waals surface area contributed by atoms with Crippen molar-refractivity contribution in [2.24, 2.45) is 0 Å².